The Labute approximate surface area is 133 Å². The van der Waals surface area contributed by atoms with E-state index < -0.39 is 5.54 Å². The third kappa shape index (κ3) is 3.38. The maximum Gasteiger partial charge on any atom is 0.253 e. The first kappa shape index (κ1) is 15.4. The first-order valence-electron chi connectivity index (χ1n) is 6.92. The molecule has 0 radical (unpaired) electrons. The fourth-order valence-corrected chi connectivity index (χ4v) is 3.42. The molecule has 0 saturated heterocycles. The average molecular weight is 355 g/mol. The zero-order valence-electron chi connectivity index (χ0n) is 11.3. The van der Waals surface area contributed by atoms with E-state index in [2.05, 4.69) is 21.2 Å². The zero-order valence-corrected chi connectivity index (χ0v) is 13.7. The number of carbonyl (C=O) groups is 1. The van der Waals surface area contributed by atoms with E-state index >= 15 is 0 Å². The van der Waals surface area contributed by atoms with Gasteiger partial charge in [0.15, 0.2) is 0 Å². The Bertz CT molecular complexity index is 510. The van der Waals surface area contributed by atoms with Crippen LogP contribution in [0.2, 0.25) is 0 Å². The molecule has 1 fully saturated rings. The molecule has 108 valence electrons. The highest BCUT2D eigenvalue weighted by Crippen LogP contribution is 2.28. The molecule has 20 heavy (non-hydrogen) atoms. The molecule has 3 nitrogen and oxygen atoms in total. The number of hydrogen-bond acceptors (Lipinski definition) is 2. The summed E-state index contributed by atoms with van der Waals surface area (Å²) in [6.07, 6.45) is 6.11. The van der Waals surface area contributed by atoms with Crippen molar-refractivity contribution in [1.82, 2.24) is 5.32 Å². The van der Waals surface area contributed by atoms with Gasteiger partial charge in [-0.25, -0.2) is 0 Å². The van der Waals surface area contributed by atoms with E-state index in [0.717, 1.165) is 30.2 Å². The lowest BCUT2D eigenvalue weighted by molar-refractivity contribution is 0.0916. The highest BCUT2D eigenvalue weighted by molar-refractivity contribution is 9.10. The quantitative estimate of drug-likeness (QED) is 0.644. The van der Waals surface area contributed by atoms with Gasteiger partial charge in [-0.15, -0.1) is 0 Å². The Morgan fingerprint density at radius 3 is 2.35 bits per heavy atom. The number of hydrogen-bond donors (Lipinski definition) is 2. The zero-order chi connectivity index (χ0) is 14.6. The van der Waals surface area contributed by atoms with Crippen molar-refractivity contribution in [3.05, 3.63) is 34.3 Å². The number of benzene rings is 1. The molecule has 0 heterocycles. The van der Waals surface area contributed by atoms with Gasteiger partial charge in [-0.3, -0.25) is 4.79 Å². The second-order valence-electron chi connectivity index (χ2n) is 5.29. The topological polar surface area (TPSA) is 55.1 Å². The SMILES string of the molecule is NC(=S)C1(NC(=O)c2ccccc2Br)CCCCCC1. The molecule has 1 aromatic carbocycles. The third-order valence-electron chi connectivity index (χ3n) is 3.90. The van der Waals surface area contributed by atoms with Gasteiger partial charge in [0.05, 0.1) is 16.1 Å². The van der Waals surface area contributed by atoms with Gasteiger partial charge >= 0.3 is 0 Å². The molecule has 0 unspecified atom stereocenters. The van der Waals surface area contributed by atoms with Crippen LogP contribution >= 0.6 is 28.1 Å². The number of halogens is 1. The Hall–Kier alpha value is -0.940. The van der Waals surface area contributed by atoms with Crippen LogP contribution in [0.3, 0.4) is 0 Å². The van der Waals surface area contributed by atoms with Crippen molar-refractivity contribution in [2.45, 2.75) is 44.1 Å². The number of nitrogens with two attached hydrogens (primary N) is 1. The number of carbonyl (C=O) groups excluding carboxylic acids is 1. The molecule has 0 aliphatic heterocycles. The minimum atomic E-state index is -0.530. The van der Waals surface area contributed by atoms with Crippen LogP contribution in [0.25, 0.3) is 0 Å². The van der Waals surface area contributed by atoms with Gasteiger partial charge in [0.1, 0.15) is 0 Å². The highest BCUT2D eigenvalue weighted by Gasteiger charge is 2.35. The monoisotopic (exact) mass is 354 g/mol. The van der Waals surface area contributed by atoms with Crippen LogP contribution in [-0.2, 0) is 0 Å². The van der Waals surface area contributed by atoms with E-state index in [1.807, 2.05) is 18.2 Å². The molecule has 2 rings (SSSR count). The predicted molar refractivity (Wildman–Crippen MR) is 88.8 cm³/mol. The average Bonchev–Trinajstić information content (AvgIpc) is 2.65. The van der Waals surface area contributed by atoms with Gasteiger partial charge in [-0.05, 0) is 40.9 Å². The molecular weight excluding hydrogens is 336 g/mol. The summed E-state index contributed by atoms with van der Waals surface area (Å²) in [5, 5.41) is 3.09. The Morgan fingerprint density at radius 1 is 1.20 bits per heavy atom. The van der Waals surface area contributed by atoms with Crippen molar-refractivity contribution >= 4 is 39.0 Å². The van der Waals surface area contributed by atoms with Gasteiger partial charge in [0.2, 0.25) is 0 Å². The second kappa shape index (κ2) is 6.68. The summed E-state index contributed by atoms with van der Waals surface area (Å²) in [6, 6.07) is 7.38. The normalized spacial score (nSPS) is 18.1. The molecule has 1 aliphatic carbocycles. The number of rotatable bonds is 3. The van der Waals surface area contributed by atoms with Crippen LogP contribution < -0.4 is 11.1 Å². The fraction of sp³-hybridized carbons (Fsp3) is 0.467. The van der Waals surface area contributed by atoms with Gasteiger partial charge < -0.3 is 11.1 Å². The molecule has 5 heteroatoms. The maximum absolute atomic E-state index is 12.5. The second-order valence-corrected chi connectivity index (χ2v) is 6.59. The lowest BCUT2D eigenvalue weighted by Crippen LogP contribution is -2.56. The fourth-order valence-electron chi connectivity index (χ4n) is 2.70. The molecule has 0 aromatic heterocycles. The van der Waals surface area contributed by atoms with Gasteiger partial charge in [0, 0.05) is 4.47 Å². The predicted octanol–water partition coefficient (Wildman–Crippen LogP) is 3.56. The standard InChI is InChI=1S/C15H19BrN2OS/c16-12-8-4-3-7-11(12)13(19)18-15(14(17)20)9-5-1-2-6-10-15/h3-4,7-8H,1-2,5-6,9-10H2,(H2,17,20)(H,18,19). The highest BCUT2D eigenvalue weighted by atomic mass is 79.9. The van der Waals surface area contributed by atoms with E-state index in [0.29, 0.717) is 10.6 Å². The smallest absolute Gasteiger partial charge is 0.253 e. The largest absolute Gasteiger partial charge is 0.391 e. The molecule has 1 amide bonds. The van der Waals surface area contributed by atoms with Crippen LogP contribution in [0, 0.1) is 0 Å². The lowest BCUT2D eigenvalue weighted by Gasteiger charge is -2.33. The Kier molecular flexibility index (Phi) is 5.16. The lowest BCUT2D eigenvalue weighted by atomic mass is 9.89. The van der Waals surface area contributed by atoms with Crippen molar-refractivity contribution in [2.24, 2.45) is 5.73 Å². The van der Waals surface area contributed by atoms with Crippen molar-refractivity contribution in [3.8, 4) is 0 Å². The molecule has 0 atom stereocenters. The van der Waals surface area contributed by atoms with E-state index in [1.54, 1.807) is 6.07 Å². The number of nitrogens with one attached hydrogen (secondary N) is 1. The van der Waals surface area contributed by atoms with Crippen molar-refractivity contribution < 1.29 is 4.79 Å². The number of thiocarbonyl (C=S) groups is 1. The van der Waals surface area contributed by atoms with Crippen molar-refractivity contribution in [3.63, 3.8) is 0 Å². The maximum atomic E-state index is 12.5. The van der Waals surface area contributed by atoms with Crippen molar-refractivity contribution in [1.29, 1.82) is 0 Å². The van der Waals surface area contributed by atoms with E-state index in [9.17, 15) is 4.79 Å². The minimum Gasteiger partial charge on any atom is -0.391 e. The minimum absolute atomic E-state index is 0.118. The third-order valence-corrected chi connectivity index (χ3v) is 4.98. The van der Waals surface area contributed by atoms with Crippen LogP contribution in [0.15, 0.2) is 28.7 Å². The van der Waals surface area contributed by atoms with E-state index in [-0.39, 0.29) is 5.91 Å². The Morgan fingerprint density at radius 2 is 1.80 bits per heavy atom. The molecule has 3 N–H and O–H groups in total. The van der Waals surface area contributed by atoms with Crippen LogP contribution in [0.4, 0.5) is 0 Å². The first-order chi connectivity index (χ1) is 9.55. The summed E-state index contributed by atoms with van der Waals surface area (Å²) >= 11 is 8.65. The van der Waals surface area contributed by atoms with Crippen LogP contribution in [0.5, 0.6) is 0 Å². The molecule has 0 spiro atoms. The summed E-state index contributed by atoms with van der Waals surface area (Å²) in [5.74, 6) is -0.118. The van der Waals surface area contributed by atoms with Crippen LogP contribution in [-0.4, -0.2) is 16.4 Å². The van der Waals surface area contributed by atoms with E-state index in [1.165, 1.54) is 12.8 Å². The molecule has 1 saturated carbocycles. The summed E-state index contributed by atoms with van der Waals surface area (Å²) in [4.78, 5) is 12.9. The van der Waals surface area contributed by atoms with Crippen molar-refractivity contribution in [2.75, 3.05) is 0 Å². The molecule has 1 aliphatic rings. The summed E-state index contributed by atoms with van der Waals surface area (Å²) in [5.41, 5.74) is 6.03. The summed E-state index contributed by atoms with van der Waals surface area (Å²) in [6.45, 7) is 0. The molecule has 1 aromatic rings. The van der Waals surface area contributed by atoms with Crippen LogP contribution in [0.1, 0.15) is 48.9 Å². The van der Waals surface area contributed by atoms with Gasteiger partial charge in [-0.1, -0.05) is 50.0 Å². The molecule has 0 bridgehead atoms. The van der Waals surface area contributed by atoms with Gasteiger partial charge in [-0.2, -0.15) is 0 Å². The number of amides is 1. The summed E-state index contributed by atoms with van der Waals surface area (Å²) < 4.78 is 0.782. The van der Waals surface area contributed by atoms with Gasteiger partial charge in [0.25, 0.3) is 5.91 Å². The summed E-state index contributed by atoms with van der Waals surface area (Å²) in [7, 11) is 0. The molecular formula is C15H19BrN2OS. The van der Waals surface area contributed by atoms with E-state index in [4.69, 9.17) is 18.0 Å². The first-order valence-corrected chi connectivity index (χ1v) is 8.12. The Balaban J connectivity index is 2.22.